The highest BCUT2D eigenvalue weighted by atomic mass is 35.5. The highest BCUT2D eigenvalue weighted by Crippen LogP contribution is 2.37. The summed E-state index contributed by atoms with van der Waals surface area (Å²) >= 11 is 5.89. The molecular weight excluding hydrogens is 379 g/mol. The third kappa shape index (κ3) is 3.78. The molecule has 28 heavy (non-hydrogen) atoms. The summed E-state index contributed by atoms with van der Waals surface area (Å²) in [5, 5.41) is 0.671. The molecule has 0 aliphatic carbocycles. The standard InChI is InChI=1S/C23H16ClFO3/c1-14-10-19(27-13-16-2-6-17(24)7-3-16)12-20-22(14)23(26)21(28-20)11-15-4-8-18(25)9-5-15/h2-12H,13H2,1H3/b21-11-. The second-order valence-corrected chi connectivity index (χ2v) is 6.96. The monoisotopic (exact) mass is 394 g/mol. The molecule has 0 amide bonds. The Bertz CT molecular complexity index is 1070. The molecule has 3 aromatic rings. The Kier molecular flexibility index (Phi) is 4.88. The normalized spacial score (nSPS) is 14.1. The number of carbonyl (C=O) groups excluding carboxylic acids is 1. The summed E-state index contributed by atoms with van der Waals surface area (Å²) in [5.74, 6) is 0.759. The number of carbonyl (C=O) groups is 1. The summed E-state index contributed by atoms with van der Waals surface area (Å²) in [6.45, 7) is 2.22. The molecule has 4 rings (SSSR count). The number of allylic oxidation sites excluding steroid dienone is 1. The van der Waals surface area contributed by atoms with Gasteiger partial charge in [0.1, 0.15) is 23.9 Å². The van der Waals surface area contributed by atoms with Crippen LogP contribution in [-0.2, 0) is 6.61 Å². The van der Waals surface area contributed by atoms with E-state index in [0.717, 1.165) is 11.1 Å². The van der Waals surface area contributed by atoms with Gasteiger partial charge < -0.3 is 9.47 Å². The molecule has 0 atom stereocenters. The average Bonchev–Trinajstić information content (AvgIpc) is 2.99. The molecule has 3 aromatic carbocycles. The number of aryl methyl sites for hydroxylation is 1. The van der Waals surface area contributed by atoms with Crippen molar-refractivity contribution in [2.45, 2.75) is 13.5 Å². The lowest BCUT2D eigenvalue weighted by molar-refractivity contribution is 0.101. The lowest BCUT2D eigenvalue weighted by Gasteiger charge is -2.09. The molecular formula is C23H16ClFO3. The van der Waals surface area contributed by atoms with Crippen LogP contribution in [0.3, 0.4) is 0 Å². The SMILES string of the molecule is Cc1cc(OCc2ccc(Cl)cc2)cc2c1C(=O)/C(=C/c1ccc(F)cc1)O2. The summed E-state index contributed by atoms with van der Waals surface area (Å²) in [7, 11) is 0. The highest BCUT2D eigenvalue weighted by Gasteiger charge is 2.30. The molecule has 0 fully saturated rings. The maximum Gasteiger partial charge on any atom is 0.232 e. The predicted molar refractivity (Wildman–Crippen MR) is 106 cm³/mol. The van der Waals surface area contributed by atoms with Crippen LogP contribution >= 0.6 is 11.6 Å². The number of hydrogen-bond acceptors (Lipinski definition) is 3. The van der Waals surface area contributed by atoms with Crippen molar-refractivity contribution in [3.05, 3.63) is 99.5 Å². The largest absolute Gasteiger partial charge is 0.489 e. The molecule has 0 aromatic heterocycles. The van der Waals surface area contributed by atoms with Crippen LogP contribution < -0.4 is 9.47 Å². The first-order chi connectivity index (χ1) is 13.5. The number of rotatable bonds is 4. The molecule has 0 saturated carbocycles. The second-order valence-electron chi connectivity index (χ2n) is 6.52. The Morgan fingerprint density at radius 3 is 2.50 bits per heavy atom. The first-order valence-corrected chi connectivity index (χ1v) is 9.09. The van der Waals surface area contributed by atoms with Gasteiger partial charge in [-0.3, -0.25) is 4.79 Å². The molecule has 0 unspecified atom stereocenters. The van der Waals surface area contributed by atoms with E-state index in [2.05, 4.69) is 0 Å². The highest BCUT2D eigenvalue weighted by molar-refractivity contribution is 6.30. The number of ketones is 1. The van der Waals surface area contributed by atoms with Gasteiger partial charge in [0.2, 0.25) is 5.78 Å². The number of fused-ring (bicyclic) bond motifs is 1. The molecule has 1 aliphatic heterocycles. The first kappa shape index (κ1) is 18.3. The van der Waals surface area contributed by atoms with Gasteiger partial charge in [-0.25, -0.2) is 4.39 Å². The fourth-order valence-electron chi connectivity index (χ4n) is 3.02. The van der Waals surface area contributed by atoms with E-state index >= 15 is 0 Å². The molecule has 140 valence electrons. The molecule has 0 bridgehead atoms. The van der Waals surface area contributed by atoms with E-state index in [1.807, 2.05) is 37.3 Å². The number of halogens is 2. The van der Waals surface area contributed by atoms with Crippen LogP contribution in [-0.4, -0.2) is 5.78 Å². The van der Waals surface area contributed by atoms with Crippen LogP contribution in [0.5, 0.6) is 11.5 Å². The Hall–Kier alpha value is -3.11. The van der Waals surface area contributed by atoms with Gasteiger partial charge in [0.15, 0.2) is 5.76 Å². The molecule has 1 heterocycles. The van der Waals surface area contributed by atoms with Crippen molar-refractivity contribution in [1.82, 2.24) is 0 Å². The van der Waals surface area contributed by atoms with E-state index in [9.17, 15) is 9.18 Å². The van der Waals surface area contributed by atoms with Crippen molar-refractivity contribution in [1.29, 1.82) is 0 Å². The molecule has 0 spiro atoms. The average molecular weight is 395 g/mol. The van der Waals surface area contributed by atoms with Crippen LogP contribution in [0.15, 0.2) is 66.4 Å². The third-order valence-corrected chi connectivity index (χ3v) is 4.68. The smallest absolute Gasteiger partial charge is 0.232 e. The predicted octanol–water partition coefficient (Wildman–Crippen LogP) is 5.98. The number of ether oxygens (including phenoxy) is 2. The van der Waals surface area contributed by atoms with Gasteiger partial charge in [-0.05, 0) is 60.0 Å². The topological polar surface area (TPSA) is 35.5 Å². The van der Waals surface area contributed by atoms with Gasteiger partial charge in [-0.2, -0.15) is 0 Å². The van der Waals surface area contributed by atoms with Crippen molar-refractivity contribution in [3.63, 3.8) is 0 Å². The Morgan fingerprint density at radius 1 is 1.07 bits per heavy atom. The number of Topliss-reactive ketones (excluding diaryl/α,β-unsaturated/α-hetero) is 1. The summed E-state index contributed by atoms with van der Waals surface area (Å²) in [5.41, 5.74) is 2.97. The molecule has 0 radical (unpaired) electrons. The van der Waals surface area contributed by atoms with Crippen molar-refractivity contribution in [3.8, 4) is 11.5 Å². The van der Waals surface area contributed by atoms with Crippen LogP contribution in [0.2, 0.25) is 5.02 Å². The fourth-order valence-corrected chi connectivity index (χ4v) is 3.14. The number of benzene rings is 3. The zero-order chi connectivity index (χ0) is 19.7. The van der Waals surface area contributed by atoms with E-state index < -0.39 is 0 Å². The lowest BCUT2D eigenvalue weighted by atomic mass is 10.0. The Morgan fingerprint density at radius 2 is 1.79 bits per heavy atom. The van der Waals surface area contributed by atoms with Gasteiger partial charge in [0.25, 0.3) is 0 Å². The van der Waals surface area contributed by atoms with Crippen LogP contribution in [0, 0.1) is 12.7 Å². The minimum atomic E-state index is -0.331. The maximum atomic E-state index is 13.1. The molecule has 5 heteroatoms. The zero-order valence-electron chi connectivity index (χ0n) is 15.0. The third-order valence-electron chi connectivity index (χ3n) is 4.43. The Labute approximate surface area is 167 Å². The van der Waals surface area contributed by atoms with Crippen molar-refractivity contribution < 1.29 is 18.7 Å². The molecule has 1 aliphatic rings. The Balaban J connectivity index is 1.55. The summed E-state index contributed by atoms with van der Waals surface area (Å²) in [6, 6.07) is 16.8. The molecule has 0 saturated heterocycles. The second kappa shape index (κ2) is 7.49. The van der Waals surface area contributed by atoms with E-state index in [1.165, 1.54) is 12.1 Å². The minimum absolute atomic E-state index is 0.193. The van der Waals surface area contributed by atoms with Crippen LogP contribution in [0.1, 0.15) is 27.0 Å². The summed E-state index contributed by atoms with van der Waals surface area (Å²) in [4.78, 5) is 12.7. The van der Waals surface area contributed by atoms with Crippen LogP contribution in [0.4, 0.5) is 4.39 Å². The van der Waals surface area contributed by atoms with E-state index in [-0.39, 0.29) is 17.4 Å². The fraction of sp³-hybridized carbons (Fsp3) is 0.0870. The van der Waals surface area contributed by atoms with E-state index in [1.54, 1.807) is 24.3 Å². The molecule has 3 nitrogen and oxygen atoms in total. The van der Waals surface area contributed by atoms with E-state index in [4.69, 9.17) is 21.1 Å². The first-order valence-electron chi connectivity index (χ1n) is 8.71. The quantitative estimate of drug-likeness (QED) is 0.510. The van der Waals surface area contributed by atoms with Gasteiger partial charge in [-0.15, -0.1) is 0 Å². The van der Waals surface area contributed by atoms with Crippen molar-refractivity contribution in [2.75, 3.05) is 0 Å². The summed E-state index contributed by atoms with van der Waals surface area (Å²) < 4.78 is 24.7. The lowest BCUT2D eigenvalue weighted by Crippen LogP contribution is -2.00. The van der Waals surface area contributed by atoms with Gasteiger partial charge in [0.05, 0.1) is 5.56 Å². The van der Waals surface area contributed by atoms with E-state index in [0.29, 0.717) is 34.3 Å². The van der Waals surface area contributed by atoms with Crippen LogP contribution in [0.25, 0.3) is 6.08 Å². The molecule has 0 N–H and O–H groups in total. The zero-order valence-corrected chi connectivity index (χ0v) is 15.8. The van der Waals surface area contributed by atoms with Crippen molar-refractivity contribution in [2.24, 2.45) is 0 Å². The summed E-state index contributed by atoms with van der Waals surface area (Å²) in [6.07, 6.45) is 1.61. The van der Waals surface area contributed by atoms with Gasteiger partial charge in [0, 0.05) is 11.1 Å². The van der Waals surface area contributed by atoms with Crippen molar-refractivity contribution >= 4 is 23.5 Å². The number of hydrogen-bond donors (Lipinski definition) is 0. The van der Waals surface area contributed by atoms with Gasteiger partial charge >= 0.3 is 0 Å². The maximum absolute atomic E-state index is 13.1. The minimum Gasteiger partial charge on any atom is -0.489 e. The van der Waals surface area contributed by atoms with Gasteiger partial charge in [-0.1, -0.05) is 35.9 Å².